The Morgan fingerprint density at radius 2 is 1.55 bits per heavy atom. The third-order valence-electron chi connectivity index (χ3n) is 5.12. The molecule has 3 rings (SSSR count). The number of aliphatic hydroxyl groups is 1. The lowest BCUT2D eigenvalue weighted by Gasteiger charge is -2.36. The number of para-hydroxylation sites is 1. The number of piperazine rings is 1. The van der Waals surface area contributed by atoms with Gasteiger partial charge in [0.1, 0.15) is 0 Å². The van der Waals surface area contributed by atoms with Crippen molar-refractivity contribution in [3.63, 3.8) is 0 Å². The number of hydrogen-bond donors (Lipinski definition) is 2. The van der Waals surface area contributed by atoms with Gasteiger partial charge in [0.15, 0.2) is 0 Å². The van der Waals surface area contributed by atoms with E-state index in [-0.39, 0.29) is 41.7 Å². The van der Waals surface area contributed by atoms with Gasteiger partial charge in [-0.05, 0) is 29.7 Å². The minimum absolute atomic E-state index is 0. The Morgan fingerprint density at radius 3 is 2.10 bits per heavy atom. The summed E-state index contributed by atoms with van der Waals surface area (Å²) >= 11 is 0. The van der Waals surface area contributed by atoms with Crippen LogP contribution in [0.25, 0.3) is 0 Å². The van der Waals surface area contributed by atoms with Crippen LogP contribution in [-0.2, 0) is 11.3 Å². The molecule has 1 aliphatic rings. The number of nitrogens with one attached hydrogen (secondary N) is 1. The third kappa shape index (κ3) is 9.86. The standard InChI is InChI=1S/C22H29N3O2.2ClH.2H2O/c1-18(26)23-17-19-7-9-20(10-8-19)22(27)11-12-24-13-15-25(16-14-24)21-5-3-2-4-6-21;;;;/h2-10,22,27H,11-17H2,1H3,(H,23,26);2*1H;2*1H2. The van der Waals surface area contributed by atoms with E-state index in [0.717, 1.165) is 50.3 Å². The lowest BCUT2D eigenvalue weighted by Crippen LogP contribution is -2.46. The quantitative estimate of drug-likeness (QED) is 0.633. The van der Waals surface area contributed by atoms with Crippen LogP contribution in [0.2, 0.25) is 0 Å². The minimum atomic E-state index is -0.452. The van der Waals surface area contributed by atoms with Crippen molar-refractivity contribution in [1.82, 2.24) is 10.2 Å². The van der Waals surface area contributed by atoms with E-state index in [9.17, 15) is 9.90 Å². The molecule has 0 spiro atoms. The largest absolute Gasteiger partial charge is 0.412 e. The third-order valence-corrected chi connectivity index (χ3v) is 5.12. The van der Waals surface area contributed by atoms with Crippen LogP contribution in [0.1, 0.15) is 30.6 Å². The Hall–Kier alpha value is -1.87. The molecule has 6 N–H and O–H groups in total. The molecule has 1 aliphatic heterocycles. The first-order valence-corrected chi connectivity index (χ1v) is 9.65. The predicted octanol–water partition coefficient (Wildman–Crippen LogP) is 1.76. The fraction of sp³-hybridized carbons (Fsp3) is 0.409. The molecule has 1 saturated heterocycles. The molecule has 7 nitrogen and oxygen atoms in total. The summed E-state index contributed by atoms with van der Waals surface area (Å²) in [4.78, 5) is 15.8. The van der Waals surface area contributed by atoms with Crippen molar-refractivity contribution in [1.29, 1.82) is 0 Å². The van der Waals surface area contributed by atoms with Crippen molar-refractivity contribution in [2.75, 3.05) is 37.6 Å². The summed E-state index contributed by atoms with van der Waals surface area (Å²) in [6.07, 6.45) is 0.281. The first-order chi connectivity index (χ1) is 13.1. The predicted molar refractivity (Wildman–Crippen MR) is 130 cm³/mol. The Labute approximate surface area is 196 Å². The van der Waals surface area contributed by atoms with Crippen LogP contribution in [-0.4, -0.2) is 59.6 Å². The molecular formula is C22H35Cl2N3O4. The average molecular weight is 476 g/mol. The summed E-state index contributed by atoms with van der Waals surface area (Å²) < 4.78 is 0. The van der Waals surface area contributed by atoms with Crippen molar-refractivity contribution >= 4 is 36.4 Å². The number of nitrogens with zero attached hydrogens (tertiary/aromatic N) is 2. The van der Waals surface area contributed by atoms with Gasteiger partial charge in [-0.1, -0.05) is 42.5 Å². The molecule has 0 bridgehead atoms. The van der Waals surface area contributed by atoms with Crippen molar-refractivity contribution in [2.45, 2.75) is 26.0 Å². The number of halogens is 2. The van der Waals surface area contributed by atoms with Crippen LogP contribution in [0.3, 0.4) is 0 Å². The second kappa shape index (κ2) is 15.9. The van der Waals surface area contributed by atoms with E-state index in [4.69, 9.17) is 0 Å². The molecule has 9 heteroatoms. The highest BCUT2D eigenvalue weighted by molar-refractivity contribution is 5.85. The zero-order valence-corrected chi connectivity index (χ0v) is 19.4. The Bertz CT molecular complexity index is 727. The maximum Gasteiger partial charge on any atom is 0.217 e. The summed E-state index contributed by atoms with van der Waals surface area (Å²) in [5, 5.41) is 13.3. The van der Waals surface area contributed by atoms with Crippen LogP contribution in [0.15, 0.2) is 54.6 Å². The molecule has 0 radical (unpaired) electrons. The fourth-order valence-electron chi connectivity index (χ4n) is 3.42. The van der Waals surface area contributed by atoms with Gasteiger partial charge in [-0.3, -0.25) is 9.69 Å². The van der Waals surface area contributed by atoms with Crippen molar-refractivity contribution in [2.24, 2.45) is 0 Å². The van der Waals surface area contributed by atoms with Crippen molar-refractivity contribution in [3.05, 3.63) is 65.7 Å². The summed E-state index contributed by atoms with van der Waals surface area (Å²) in [6.45, 7) is 7.04. The van der Waals surface area contributed by atoms with Crippen molar-refractivity contribution < 1.29 is 20.9 Å². The maximum absolute atomic E-state index is 11.0. The van der Waals surface area contributed by atoms with Gasteiger partial charge >= 0.3 is 0 Å². The molecule has 0 aliphatic carbocycles. The molecule has 2 aromatic rings. The second-order valence-corrected chi connectivity index (χ2v) is 7.12. The van der Waals surface area contributed by atoms with Crippen LogP contribution < -0.4 is 10.2 Å². The van der Waals surface area contributed by atoms with E-state index in [1.165, 1.54) is 12.6 Å². The number of anilines is 1. The van der Waals surface area contributed by atoms with Gasteiger partial charge in [-0.2, -0.15) is 0 Å². The number of carbonyl (C=O) groups excluding carboxylic acids is 1. The van der Waals surface area contributed by atoms with E-state index >= 15 is 0 Å². The van der Waals surface area contributed by atoms with Crippen LogP contribution in [0, 0.1) is 0 Å². The van der Waals surface area contributed by atoms with E-state index in [0.29, 0.717) is 6.54 Å². The molecule has 176 valence electrons. The molecule has 31 heavy (non-hydrogen) atoms. The zero-order valence-electron chi connectivity index (χ0n) is 17.8. The molecule has 1 fully saturated rings. The number of amides is 1. The van der Waals surface area contributed by atoms with Crippen LogP contribution in [0.4, 0.5) is 5.69 Å². The topological polar surface area (TPSA) is 119 Å². The van der Waals surface area contributed by atoms with E-state index < -0.39 is 6.10 Å². The number of carbonyl (C=O) groups is 1. The highest BCUT2D eigenvalue weighted by atomic mass is 35.5. The van der Waals surface area contributed by atoms with Crippen LogP contribution >= 0.6 is 24.8 Å². The van der Waals surface area contributed by atoms with Gasteiger partial charge in [0.25, 0.3) is 0 Å². The summed E-state index contributed by atoms with van der Waals surface area (Å²) in [6, 6.07) is 18.4. The van der Waals surface area contributed by atoms with Gasteiger partial charge in [0.05, 0.1) is 6.10 Å². The highest BCUT2D eigenvalue weighted by Gasteiger charge is 2.18. The summed E-state index contributed by atoms with van der Waals surface area (Å²) in [7, 11) is 0. The second-order valence-electron chi connectivity index (χ2n) is 7.12. The van der Waals surface area contributed by atoms with Gasteiger partial charge in [-0.15, -0.1) is 24.8 Å². The zero-order chi connectivity index (χ0) is 19.1. The molecule has 0 saturated carbocycles. The number of rotatable bonds is 7. The van der Waals surface area contributed by atoms with Crippen molar-refractivity contribution in [3.8, 4) is 0 Å². The molecule has 1 unspecified atom stereocenters. The molecule has 1 heterocycles. The van der Waals surface area contributed by atoms with Gasteiger partial charge in [0.2, 0.25) is 5.91 Å². The Morgan fingerprint density at radius 1 is 0.968 bits per heavy atom. The lowest BCUT2D eigenvalue weighted by atomic mass is 10.0. The molecular weight excluding hydrogens is 441 g/mol. The van der Waals surface area contributed by atoms with Gasteiger partial charge in [-0.25, -0.2) is 0 Å². The van der Waals surface area contributed by atoms with Crippen LogP contribution in [0.5, 0.6) is 0 Å². The minimum Gasteiger partial charge on any atom is -0.412 e. The summed E-state index contributed by atoms with van der Waals surface area (Å²) in [5.74, 6) is -0.0357. The Kier molecular flexibility index (Phi) is 16.0. The van der Waals surface area contributed by atoms with E-state index in [1.54, 1.807) is 0 Å². The summed E-state index contributed by atoms with van der Waals surface area (Å²) in [5.41, 5.74) is 3.26. The van der Waals surface area contributed by atoms with E-state index in [1.807, 2.05) is 30.3 Å². The van der Waals surface area contributed by atoms with Gasteiger partial charge in [0, 0.05) is 51.9 Å². The lowest BCUT2D eigenvalue weighted by molar-refractivity contribution is -0.119. The molecule has 1 atom stereocenters. The molecule has 1 amide bonds. The normalized spacial score (nSPS) is 14.1. The number of hydrogen-bond acceptors (Lipinski definition) is 4. The van der Waals surface area contributed by atoms with E-state index in [2.05, 4.69) is 39.4 Å². The fourth-order valence-corrected chi connectivity index (χ4v) is 3.42. The number of benzene rings is 2. The first-order valence-electron chi connectivity index (χ1n) is 9.65. The maximum atomic E-state index is 11.0. The number of aliphatic hydroxyl groups excluding tert-OH is 1. The monoisotopic (exact) mass is 475 g/mol. The molecule has 2 aromatic carbocycles. The molecule has 0 aromatic heterocycles. The SMILES string of the molecule is CC(=O)NCc1ccc(C(O)CCN2CCN(c3ccccc3)CC2)cc1.Cl.Cl.O.O. The first kappa shape index (κ1) is 31.3. The smallest absolute Gasteiger partial charge is 0.217 e. The Balaban J connectivity index is 0. The van der Waals surface area contributed by atoms with Gasteiger partial charge < -0.3 is 26.3 Å². The highest BCUT2D eigenvalue weighted by Crippen LogP contribution is 2.20. The average Bonchev–Trinajstić information content (AvgIpc) is 2.72.